The van der Waals surface area contributed by atoms with Crippen LogP contribution < -0.4 is 15.4 Å². The smallest absolute Gasteiger partial charge is 0.240 e. The molecule has 2 fully saturated rings. The van der Waals surface area contributed by atoms with Crippen molar-refractivity contribution in [2.24, 2.45) is 5.73 Å². The molecule has 2 aliphatic heterocycles. The molecular weight excluding hydrogens is 475 g/mol. The van der Waals surface area contributed by atoms with Crippen molar-refractivity contribution in [3.63, 3.8) is 0 Å². The molecule has 0 radical (unpaired) electrons. The number of anilines is 1. The van der Waals surface area contributed by atoms with Crippen LogP contribution in [-0.4, -0.2) is 94.4 Å². The van der Waals surface area contributed by atoms with Crippen LogP contribution in [0.25, 0.3) is 0 Å². The minimum Gasteiger partial charge on any atom is -0.491 e. The molecule has 11 heteroatoms. The number of halogens is 1. The van der Waals surface area contributed by atoms with Gasteiger partial charge in [0.25, 0.3) is 0 Å². The van der Waals surface area contributed by atoms with E-state index >= 15 is 0 Å². The number of ether oxygens (including phenoxy) is 2. The summed E-state index contributed by atoms with van der Waals surface area (Å²) in [5, 5.41) is 0. The Bertz CT molecular complexity index is 914. The van der Waals surface area contributed by atoms with Gasteiger partial charge in [0.1, 0.15) is 0 Å². The Labute approximate surface area is 209 Å². The molecule has 0 aromatic heterocycles. The van der Waals surface area contributed by atoms with Crippen LogP contribution in [0, 0.1) is 5.82 Å². The first-order valence-electron chi connectivity index (χ1n) is 12.3. The van der Waals surface area contributed by atoms with E-state index < -0.39 is 26.5 Å². The van der Waals surface area contributed by atoms with Crippen molar-refractivity contribution in [1.29, 1.82) is 0 Å². The van der Waals surface area contributed by atoms with Crippen LogP contribution in [0.4, 0.5) is 10.1 Å². The van der Waals surface area contributed by atoms with E-state index in [0.717, 1.165) is 0 Å². The van der Waals surface area contributed by atoms with Gasteiger partial charge in [0.15, 0.2) is 16.3 Å². The first-order chi connectivity index (χ1) is 16.7. The topological polar surface area (TPSA) is 105 Å². The normalized spacial score (nSPS) is 19.1. The number of piperidine rings is 1. The summed E-state index contributed by atoms with van der Waals surface area (Å²) in [5.41, 5.74) is 6.33. The van der Waals surface area contributed by atoms with Gasteiger partial charge in [0.2, 0.25) is 15.9 Å². The Morgan fingerprint density at radius 1 is 1.09 bits per heavy atom. The van der Waals surface area contributed by atoms with E-state index in [0.29, 0.717) is 51.6 Å². The molecule has 2 saturated heterocycles. The second-order valence-electron chi connectivity index (χ2n) is 8.84. The Kier molecular flexibility index (Phi) is 11.2. The monoisotopic (exact) mass is 516 g/mol. The maximum Gasteiger partial charge on any atom is 0.240 e. The van der Waals surface area contributed by atoms with Gasteiger partial charge >= 0.3 is 0 Å². The Balaban J connectivity index is 0.00000137. The van der Waals surface area contributed by atoms with Gasteiger partial charge in [0, 0.05) is 64.7 Å². The molecule has 3 rings (SSSR count). The molecule has 9 nitrogen and oxygen atoms in total. The van der Waals surface area contributed by atoms with E-state index in [1.807, 2.05) is 4.90 Å². The van der Waals surface area contributed by atoms with Crippen LogP contribution in [0.1, 0.15) is 40.0 Å². The van der Waals surface area contributed by atoms with Crippen LogP contribution in [0.3, 0.4) is 0 Å². The van der Waals surface area contributed by atoms with Crippen molar-refractivity contribution < 1.29 is 27.1 Å². The zero-order valence-electron chi connectivity index (χ0n) is 21.5. The highest BCUT2D eigenvalue weighted by Crippen LogP contribution is 2.34. The molecule has 0 atom stereocenters. The van der Waals surface area contributed by atoms with E-state index in [1.165, 1.54) is 16.8 Å². The van der Waals surface area contributed by atoms with Gasteiger partial charge in [-0.3, -0.25) is 4.79 Å². The lowest BCUT2D eigenvalue weighted by Gasteiger charge is -2.43. The highest BCUT2D eigenvalue weighted by Gasteiger charge is 2.53. The van der Waals surface area contributed by atoms with E-state index in [-0.39, 0.29) is 31.7 Å². The van der Waals surface area contributed by atoms with E-state index in [1.54, 1.807) is 26.2 Å². The fraction of sp³-hybridized carbons (Fsp3) is 0.708. The first kappa shape index (κ1) is 29.3. The summed E-state index contributed by atoms with van der Waals surface area (Å²) in [6.45, 7) is 9.77. The Hall–Kier alpha value is -1.95. The summed E-state index contributed by atoms with van der Waals surface area (Å²) in [5.74, 6) is -1.05. The molecule has 200 valence electrons. The van der Waals surface area contributed by atoms with E-state index in [2.05, 4.69) is 18.7 Å². The lowest BCUT2D eigenvalue weighted by Crippen LogP contribution is -2.63. The molecule has 2 N–H and O–H groups in total. The third-order valence-electron chi connectivity index (χ3n) is 6.38. The number of piperazine rings is 1. The maximum atomic E-state index is 14.2. The maximum absolute atomic E-state index is 14.2. The van der Waals surface area contributed by atoms with Gasteiger partial charge in [-0.1, -0.05) is 20.3 Å². The standard InChI is InChI=1S/C21H33FN4O5S.C3H8/c1-3-31-19-5-4-17(16-18(19)22)25-10-12-26(13-11-25)32(28,29)21(20(23)27)6-8-24(9-7-21)14-15-30-2;1-3-2/h4-5,16H,3,6-15H2,1-2H3,(H2,23,27);3H2,1-2H3. The summed E-state index contributed by atoms with van der Waals surface area (Å²) >= 11 is 0. The van der Waals surface area contributed by atoms with E-state index in [9.17, 15) is 17.6 Å². The predicted octanol–water partition coefficient (Wildman–Crippen LogP) is 2.06. The molecule has 0 bridgehead atoms. The third kappa shape index (κ3) is 6.84. The molecule has 2 heterocycles. The molecule has 2 aliphatic rings. The second kappa shape index (κ2) is 13.4. The molecule has 1 amide bonds. The summed E-state index contributed by atoms with van der Waals surface area (Å²) in [4.78, 5) is 16.4. The number of methoxy groups -OCH3 is 1. The number of carbonyl (C=O) groups is 1. The zero-order valence-corrected chi connectivity index (χ0v) is 22.3. The number of rotatable bonds is 9. The lowest BCUT2D eigenvalue weighted by atomic mass is 9.95. The Morgan fingerprint density at radius 2 is 1.69 bits per heavy atom. The highest BCUT2D eigenvalue weighted by atomic mass is 32.2. The first-order valence-corrected chi connectivity index (χ1v) is 13.8. The van der Waals surface area contributed by atoms with Crippen molar-refractivity contribution in [1.82, 2.24) is 9.21 Å². The number of likely N-dealkylation sites (tertiary alicyclic amines) is 1. The molecular formula is C24H41FN4O5S. The SMILES string of the molecule is CCC.CCOc1ccc(N2CCN(S(=O)(=O)C3(C(N)=O)CCN(CCOC)CC3)CC2)cc1F. The van der Waals surface area contributed by atoms with Gasteiger partial charge in [-0.25, -0.2) is 12.8 Å². The summed E-state index contributed by atoms with van der Waals surface area (Å²) < 4.78 is 51.4. The molecule has 1 aromatic carbocycles. The van der Waals surface area contributed by atoms with Gasteiger partial charge < -0.3 is 25.0 Å². The molecule has 35 heavy (non-hydrogen) atoms. The van der Waals surface area contributed by atoms with Gasteiger partial charge in [-0.05, 0) is 31.9 Å². The van der Waals surface area contributed by atoms with Crippen molar-refractivity contribution in [2.75, 3.05) is 71.0 Å². The molecule has 1 aromatic rings. The van der Waals surface area contributed by atoms with Gasteiger partial charge in [-0.2, -0.15) is 4.31 Å². The number of primary amides is 1. The summed E-state index contributed by atoms with van der Waals surface area (Å²) in [6.07, 6.45) is 1.58. The number of carbonyl (C=O) groups excluding carboxylic acids is 1. The average Bonchev–Trinajstić information content (AvgIpc) is 2.84. The fourth-order valence-electron chi connectivity index (χ4n) is 4.38. The van der Waals surface area contributed by atoms with Crippen LogP contribution >= 0.6 is 0 Å². The number of hydrogen-bond donors (Lipinski definition) is 1. The number of nitrogens with zero attached hydrogens (tertiary/aromatic N) is 3. The van der Waals surface area contributed by atoms with Crippen LogP contribution in [0.5, 0.6) is 5.75 Å². The predicted molar refractivity (Wildman–Crippen MR) is 136 cm³/mol. The number of hydrogen-bond acceptors (Lipinski definition) is 7. The minimum absolute atomic E-state index is 0.165. The Morgan fingerprint density at radius 3 is 2.17 bits per heavy atom. The molecule has 0 saturated carbocycles. The van der Waals surface area contributed by atoms with Crippen molar-refractivity contribution in [2.45, 2.75) is 44.8 Å². The van der Waals surface area contributed by atoms with Crippen molar-refractivity contribution in [3.8, 4) is 5.75 Å². The highest BCUT2D eigenvalue weighted by molar-refractivity contribution is 7.91. The number of sulfonamides is 1. The number of amides is 1. The van der Waals surface area contributed by atoms with Gasteiger partial charge in [-0.15, -0.1) is 0 Å². The van der Waals surface area contributed by atoms with Crippen LogP contribution in [0.2, 0.25) is 0 Å². The largest absolute Gasteiger partial charge is 0.491 e. The van der Waals surface area contributed by atoms with Crippen molar-refractivity contribution in [3.05, 3.63) is 24.0 Å². The second-order valence-corrected chi connectivity index (χ2v) is 11.1. The lowest BCUT2D eigenvalue weighted by molar-refractivity contribution is -0.121. The molecule has 0 unspecified atom stereocenters. The van der Waals surface area contributed by atoms with Crippen molar-refractivity contribution >= 4 is 21.6 Å². The number of benzene rings is 1. The summed E-state index contributed by atoms with van der Waals surface area (Å²) in [6, 6.07) is 4.74. The fourth-order valence-corrected chi connectivity index (χ4v) is 6.47. The quantitative estimate of drug-likeness (QED) is 0.536. The molecule has 0 aliphatic carbocycles. The average molecular weight is 517 g/mol. The minimum atomic E-state index is -3.94. The van der Waals surface area contributed by atoms with Crippen LogP contribution in [0.15, 0.2) is 18.2 Å². The van der Waals surface area contributed by atoms with Crippen LogP contribution in [-0.2, 0) is 19.6 Å². The number of nitrogens with two attached hydrogens (primary N) is 1. The zero-order chi connectivity index (χ0) is 26.1. The molecule has 0 spiro atoms. The van der Waals surface area contributed by atoms with E-state index in [4.69, 9.17) is 15.2 Å². The third-order valence-corrected chi connectivity index (χ3v) is 9.02. The van der Waals surface area contributed by atoms with Gasteiger partial charge in [0.05, 0.1) is 13.2 Å². The summed E-state index contributed by atoms with van der Waals surface area (Å²) in [7, 11) is -2.32.